The van der Waals surface area contributed by atoms with E-state index in [1.165, 1.54) is 15.9 Å². The van der Waals surface area contributed by atoms with Crippen LogP contribution in [0.2, 0.25) is 0 Å². The van der Waals surface area contributed by atoms with Crippen LogP contribution in [0.25, 0.3) is 10.2 Å². The Kier molecular flexibility index (Phi) is 4.64. The van der Waals surface area contributed by atoms with Crippen molar-refractivity contribution >= 4 is 33.4 Å². The molecule has 0 saturated carbocycles. The molecule has 25 heavy (non-hydrogen) atoms. The van der Waals surface area contributed by atoms with Gasteiger partial charge in [0.25, 0.3) is 5.56 Å². The second-order valence-corrected chi connectivity index (χ2v) is 7.88. The Morgan fingerprint density at radius 3 is 2.80 bits per heavy atom. The van der Waals surface area contributed by atoms with Crippen LogP contribution in [0.3, 0.4) is 0 Å². The van der Waals surface area contributed by atoms with E-state index < -0.39 is 11.9 Å². The number of carboxylic acids is 1. The number of aryl methyl sites for hydroxylation is 2. The van der Waals surface area contributed by atoms with Crippen LogP contribution in [-0.2, 0) is 22.6 Å². The van der Waals surface area contributed by atoms with E-state index in [1.54, 1.807) is 6.92 Å². The average Bonchev–Trinajstić information content (AvgIpc) is 3.07. The Morgan fingerprint density at radius 1 is 1.44 bits per heavy atom. The molecule has 0 saturated heterocycles. The fraction of sp³-hybridized carbons (Fsp3) is 0.529. The summed E-state index contributed by atoms with van der Waals surface area (Å²) in [5, 5.41) is 12.6. The van der Waals surface area contributed by atoms with E-state index in [9.17, 15) is 19.5 Å². The monoisotopic (exact) mass is 363 g/mol. The number of nitrogens with one attached hydrogen (secondary N) is 1. The molecule has 2 N–H and O–H groups in total. The number of carboxylic acid groups (broad SMARTS) is 1. The summed E-state index contributed by atoms with van der Waals surface area (Å²) in [7, 11) is 0. The van der Waals surface area contributed by atoms with Gasteiger partial charge in [0.1, 0.15) is 17.2 Å². The maximum atomic E-state index is 13.0. The van der Waals surface area contributed by atoms with Crippen molar-refractivity contribution in [2.75, 3.05) is 6.54 Å². The van der Waals surface area contributed by atoms with Crippen LogP contribution in [0.15, 0.2) is 4.79 Å². The van der Waals surface area contributed by atoms with Gasteiger partial charge in [-0.25, -0.2) is 4.98 Å². The normalized spacial score (nSPS) is 16.4. The van der Waals surface area contributed by atoms with Crippen molar-refractivity contribution in [1.29, 1.82) is 0 Å². The minimum Gasteiger partial charge on any atom is -0.481 e. The van der Waals surface area contributed by atoms with Gasteiger partial charge in [-0.2, -0.15) is 0 Å². The number of aromatic nitrogens is 2. The largest absolute Gasteiger partial charge is 0.481 e. The van der Waals surface area contributed by atoms with Crippen LogP contribution in [0.1, 0.15) is 42.5 Å². The number of aliphatic carboxylic acids is 1. The fourth-order valence-electron chi connectivity index (χ4n) is 3.18. The van der Waals surface area contributed by atoms with Crippen LogP contribution in [0, 0.1) is 12.8 Å². The quantitative estimate of drug-likeness (QED) is 0.841. The van der Waals surface area contributed by atoms with Gasteiger partial charge in [0.2, 0.25) is 5.91 Å². The molecule has 1 unspecified atom stereocenters. The van der Waals surface area contributed by atoms with Crippen LogP contribution < -0.4 is 10.9 Å². The van der Waals surface area contributed by atoms with Crippen molar-refractivity contribution in [3.8, 4) is 0 Å². The first-order chi connectivity index (χ1) is 11.8. The standard InChI is InChI=1S/C17H21N3O4S/c1-8(2)6-18-12(21)7-20-9(3)19-15-14(16(20)22)13-10(17(23)24)4-5-11(13)25-15/h8,10H,4-7H2,1-3H3,(H,18,21)(H,23,24). The molecule has 1 amide bonds. The van der Waals surface area contributed by atoms with E-state index in [4.69, 9.17) is 0 Å². The van der Waals surface area contributed by atoms with Gasteiger partial charge < -0.3 is 10.4 Å². The highest BCUT2D eigenvalue weighted by Crippen LogP contribution is 2.42. The lowest BCUT2D eigenvalue weighted by atomic mass is 10.0. The maximum absolute atomic E-state index is 13.0. The smallest absolute Gasteiger partial charge is 0.311 e. The minimum atomic E-state index is -0.917. The summed E-state index contributed by atoms with van der Waals surface area (Å²) >= 11 is 1.39. The third kappa shape index (κ3) is 3.18. The summed E-state index contributed by atoms with van der Waals surface area (Å²) < 4.78 is 1.34. The summed E-state index contributed by atoms with van der Waals surface area (Å²) in [5.41, 5.74) is 0.272. The first-order valence-corrected chi connectivity index (χ1v) is 9.13. The zero-order valence-corrected chi connectivity index (χ0v) is 15.3. The first kappa shape index (κ1) is 17.6. The number of hydrogen-bond donors (Lipinski definition) is 2. The maximum Gasteiger partial charge on any atom is 0.311 e. The number of carbonyl (C=O) groups excluding carboxylic acids is 1. The number of hydrogen-bond acceptors (Lipinski definition) is 5. The topological polar surface area (TPSA) is 101 Å². The predicted octanol–water partition coefficient (Wildman–Crippen LogP) is 1.65. The molecule has 2 aromatic heterocycles. The zero-order chi connectivity index (χ0) is 18.3. The summed E-state index contributed by atoms with van der Waals surface area (Å²) in [6.45, 7) is 6.11. The highest BCUT2D eigenvalue weighted by atomic mass is 32.1. The second-order valence-electron chi connectivity index (χ2n) is 6.80. The van der Waals surface area contributed by atoms with E-state index in [2.05, 4.69) is 10.3 Å². The lowest BCUT2D eigenvalue weighted by molar-refractivity contribution is -0.138. The molecular weight excluding hydrogens is 342 g/mol. The van der Waals surface area contributed by atoms with Gasteiger partial charge in [-0.3, -0.25) is 19.0 Å². The molecule has 134 valence electrons. The SMILES string of the molecule is Cc1nc2sc3c(c2c(=O)n1CC(=O)NCC(C)C)C(C(=O)O)CC3. The Hall–Kier alpha value is -2.22. The molecule has 0 bridgehead atoms. The van der Waals surface area contributed by atoms with E-state index in [1.807, 2.05) is 13.8 Å². The second kappa shape index (κ2) is 6.59. The number of thiophene rings is 1. The molecule has 8 heteroatoms. The van der Waals surface area contributed by atoms with Crippen molar-refractivity contribution in [2.24, 2.45) is 5.92 Å². The molecule has 1 aliphatic carbocycles. The molecule has 1 aliphatic rings. The molecule has 7 nitrogen and oxygen atoms in total. The van der Waals surface area contributed by atoms with Gasteiger partial charge in [0, 0.05) is 11.4 Å². The van der Waals surface area contributed by atoms with Crippen molar-refractivity contribution in [3.05, 3.63) is 26.6 Å². The summed E-state index contributed by atoms with van der Waals surface area (Å²) in [4.78, 5) is 42.5. The zero-order valence-electron chi connectivity index (χ0n) is 14.5. The number of amides is 1. The van der Waals surface area contributed by atoms with E-state index >= 15 is 0 Å². The summed E-state index contributed by atoms with van der Waals surface area (Å²) in [6, 6.07) is 0. The van der Waals surface area contributed by atoms with Crippen molar-refractivity contribution in [3.63, 3.8) is 0 Å². The Labute approximate surface area is 148 Å². The molecule has 2 heterocycles. The number of nitrogens with zero attached hydrogens (tertiary/aromatic N) is 2. The predicted molar refractivity (Wildman–Crippen MR) is 95.2 cm³/mol. The van der Waals surface area contributed by atoms with Crippen LogP contribution >= 0.6 is 11.3 Å². The fourth-order valence-corrected chi connectivity index (χ4v) is 4.46. The van der Waals surface area contributed by atoms with Gasteiger partial charge in [0.05, 0.1) is 11.3 Å². The lowest BCUT2D eigenvalue weighted by Crippen LogP contribution is -2.35. The molecule has 0 aromatic carbocycles. The highest BCUT2D eigenvalue weighted by molar-refractivity contribution is 7.18. The lowest BCUT2D eigenvalue weighted by Gasteiger charge is -2.12. The highest BCUT2D eigenvalue weighted by Gasteiger charge is 2.34. The molecule has 0 fully saturated rings. The third-order valence-electron chi connectivity index (χ3n) is 4.43. The molecule has 2 aromatic rings. The third-order valence-corrected chi connectivity index (χ3v) is 5.59. The Balaban J connectivity index is 2.04. The number of rotatable bonds is 5. The van der Waals surface area contributed by atoms with Gasteiger partial charge in [-0.15, -0.1) is 11.3 Å². The van der Waals surface area contributed by atoms with E-state index in [0.717, 1.165) is 4.88 Å². The molecule has 0 aliphatic heterocycles. The van der Waals surface area contributed by atoms with Crippen LogP contribution in [-0.4, -0.2) is 33.1 Å². The van der Waals surface area contributed by atoms with Crippen molar-refractivity contribution in [1.82, 2.24) is 14.9 Å². The van der Waals surface area contributed by atoms with Gasteiger partial charge in [-0.1, -0.05) is 13.8 Å². The molecule has 0 radical (unpaired) electrons. The Bertz CT molecular complexity index is 913. The summed E-state index contributed by atoms with van der Waals surface area (Å²) in [5.74, 6) is -1.05. The molecule has 3 rings (SSSR count). The van der Waals surface area contributed by atoms with Crippen LogP contribution in [0.5, 0.6) is 0 Å². The van der Waals surface area contributed by atoms with E-state index in [0.29, 0.717) is 46.9 Å². The van der Waals surface area contributed by atoms with Gasteiger partial charge in [-0.05, 0) is 31.2 Å². The molecular formula is C17H21N3O4S. The number of carbonyl (C=O) groups is 2. The van der Waals surface area contributed by atoms with Crippen molar-refractivity contribution < 1.29 is 14.7 Å². The van der Waals surface area contributed by atoms with Crippen molar-refractivity contribution in [2.45, 2.75) is 46.1 Å². The van der Waals surface area contributed by atoms with Gasteiger partial charge in [0.15, 0.2) is 0 Å². The molecule has 1 atom stereocenters. The molecule has 0 spiro atoms. The van der Waals surface area contributed by atoms with E-state index in [-0.39, 0.29) is 18.0 Å². The average molecular weight is 363 g/mol. The Morgan fingerprint density at radius 2 is 2.16 bits per heavy atom. The van der Waals surface area contributed by atoms with Crippen LogP contribution in [0.4, 0.5) is 0 Å². The first-order valence-electron chi connectivity index (χ1n) is 8.31. The summed E-state index contributed by atoms with van der Waals surface area (Å²) in [6.07, 6.45) is 1.16. The van der Waals surface area contributed by atoms with Gasteiger partial charge >= 0.3 is 5.97 Å². The number of fused-ring (bicyclic) bond motifs is 3. The minimum absolute atomic E-state index is 0.108.